The summed E-state index contributed by atoms with van der Waals surface area (Å²) in [5.74, 6) is 0.149. The Morgan fingerprint density at radius 1 is 1.35 bits per heavy atom. The third kappa shape index (κ3) is 4.99. The van der Waals surface area contributed by atoms with Crippen molar-refractivity contribution in [1.82, 2.24) is 0 Å². The van der Waals surface area contributed by atoms with Gasteiger partial charge in [0.25, 0.3) is 0 Å². The minimum atomic E-state index is -4.71. The highest BCUT2D eigenvalue weighted by atomic mass is 35.5. The summed E-state index contributed by atoms with van der Waals surface area (Å²) in [6.45, 7) is 0. The molecule has 2 nitrogen and oxygen atoms in total. The highest BCUT2D eigenvalue weighted by Crippen LogP contribution is 2.26. The van der Waals surface area contributed by atoms with Gasteiger partial charge in [0.05, 0.1) is 0 Å². The maximum absolute atomic E-state index is 11.9. The number of halogens is 4. The summed E-state index contributed by atoms with van der Waals surface area (Å²) in [4.78, 5) is 0. The van der Waals surface area contributed by atoms with Gasteiger partial charge in [-0.15, -0.1) is 24.8 Å². The van der Waals surface area contributed by atoms with Gasteiger partial charge >= 0.3 is 6.36 Å². The molecule has 0 atom stereocenters. The summed E-state index contributed by atoms with van der Waals surface area (Å²) in [5.41, 5.74) is 6.44. The Bertz CT molecular complexity index is 404. The van der Waals surface area contributed by atoms with Crippen molar-refractivity contribution in [2.45, 2.75) is 12.8 Å². The molecule has 1 rings (SSSR count). The van der Waals surface area contributed by atoms with Gasteiger partial charge in [-0.05, 0) is 24.1 Å². The van der Waals surface area contributed by atoms with E-state index in [2.05, 4.69) is 4.74 Å². The number of hydrogen-bond donors (Lipinski definition) is 1. The zero-order chi connectivity index (χ0) is 12.9. The number of alkyl halides is 4. The molecule has 0 saturated heterocycles. The molecular weight excluding hydrogens is 255 g/mol. The monoisotopic (exact) mass is 265 g/mol. The van der Waals surface area contributed by atoms with Crippen LogP contribution in [0, 0.1) is 0 Å². The summed E-state index contributed by atoms with van der Waals surface area (Å²) >= 11 is 5.48. The van der Waals surface area contributed by atoms with E-state index in [0.29, 0.717) is 17.9 Å². The first-order chi connectivity index (χ1) is 7.92. The van der Waals surface area contributed by atoms with Crippen LogP contribution in [0.25, 0.3) is 6.08 Å². The topological polar surface area (TPSA) is 35.2 Å². The Morgan fingerprint density at radius 3 is 2.59 bits per heavy atom. The summed E-state index contributed by atoms with van der Waals surface area (Å²) in [5, 5.41) is 0. The summed E-state index contributed by atoms with van der Waals surface area (Å²) in [6.07, 6.45) is -0.539. The summed E-state index contributed by atoms with van der Waals surface area (Å²) in [6, 6.07) is 3.80. The first-order valence-corrected chi connectivity index (χ1v) is 5.33. The molecule has 94 valence electrons. The number of nitrogens with two attached hydrogens (primary N) is 1. The first kappa shape index (κ1) is 13.7. The lowest BCUT2D eigenvalue weighted by molar-refractivity contribution is -0.274. The Kier molecular flexibility index (Phi) is 4.69. The first-order valence-electron chi connectivity index (χ1n) is 4.80. The van der Waals surface area contributed by atoms with Gasteiger partial charge in [-0.1, -0.05) is 12.2 Å². The molecular formula is C11H11ClF3NO. The van der Waals surface area contributed by atoms with Gasteiger partial charge in [0.15, 0.2) is 0 Å². The van der Waals surface area contributed by atoms with E-state index in [1.165, 1.54) is 12.1 Å². The van der Waals surface area contributed by atoms with Gasteiger partial charge in [-0.3, -0.25) is 0 Å². The number of allylic oxidation sites excluding steroid dienone is 1. The number of benzene rings is 1. The normalized spacial score (nSPS) is 12.0. The molecule has 0 heterocycles. The van der Waals surface area contributed by atoms with Crippen molar-refractivity contribution in [3.63, 3.8) is 0 Å². The molecule has 0 aliphatic heterocycles. The minimum absolute atomic E-state index is 0.220. The van der Waals surface area contributed by atoms with E-state index in [1.54, 1.807) is 12.2 Å². The van der Waals surface area contributed by atoms with Crippen molar-refractivity contribution in [2.24, 2.45) is 0 Å². The van der Waals surface area contributed by atoms with Crippen molar-refractivity contribution in [2.75, 3.05) is 11.6 Å². The molecule has 0 bridgehead atoms. The number of rotatable bonds is 4. The summed E-state index contributed by atoms with van der Waals surface area (Å²) < 4.78 is 39.5. The van der Waals surface area contributed by atoms with Crippen LogP contribution < -0.4 is 10.5 Å². The van der Waals surface area contributed by atoms with Crippen LogP contribution in [-0.4, -0.2) is 12.2 Å². The SMILES string of the molecule is Nc1cc(OC(F)(F)F)ccc1C=CCCCl. The van der Waals surface area contributed by atoms with Crippen molar-refractivity contribution in [1.29, 1.82) is 0 Å². The second-order valence-electron chi connectivity index (χ2n) is 3.22. The second-order valence-corrected chi connectivity index (χ2v) is 3.60. The maximum Gasteiger partial charge on any atom is 0.573 e. The number of ether oxygens (including phenoxy) is 1. The minimum Gasteiger partial charge on any atom is -0.406 e. The highest BCUT2D eigenvalue weighted by Gasteiger charge is 2.31. The largest absolute Gasteiger partial charge is 0.573 e. The molecule has 0 aromatic heterocycles. The standard InChI is InChI=1S/C11H11ClF3NO/c12-6-2-1-3-8-4-5-9(7-10(8)16)17-11(13,14)15/h1,3-5,7H,2,6,16H2. The fourth-order valence-corrected chi connectivity index (χ4v) is 1.30. The van der Waals surface area contributed by atoms with Crippen LogP contribution in [0.4, 0.5) is 18.9 Å². The van der Waals surface area contributed by atoms with Crippen LogP contribution in [0.2, 0.25) is 0 Å². The molecule has 0 aliphatic rings. The van der Waals surface area contributed by atoms with Gasteiger partial charge in [-0.25, -0.2) is 0 Å². The molecule has 0 fully saturated rings. The van der Waals surface area contributed by atoms with Crippen LogP contribution >= 0.6 is 11.6 Å². The van der Waals surface area contributed by atoms with E-state index in [0.717, 1.165) is 6.07 Å². The third-order valence-corrected chi connectivity index (χ3v) is 2.08. The van der Waals surface area contributed by atoms with Gasteiger partial charge < -0.3 is 10.5 Å². The van der Waals surface area contributed by atoms with Gasteiger partial charge in [0.2, 0.25) is 0 Å². The number of anilines is 1. The third-order valence-electron chi connectivity index (χ3n) is 1.87. The van der Waals surface area contributed by atoms with Crippen LogP contribution in [0.1, 0.15) is 12.0 Å². The molecule has 17 heavy (non-hydrogen) atoms. The Labute approximate surface area is 102 Å². The molecule has 0 saturated carbocycles. The molecule has 0 unspecified atom stereocenters. The van der Waals surface area contributed by atoms with Crippen molar-refractivity contribution in [3.8, 4) is 5.75 Å². The van der Waals surface area contributed by atoms with Crippen molar-refractivity contribution >= 4 is 23.4 Å². The molecule has 0 radical (unpaired) electrons. The molecule has 1 aromatic rings. The Hall–Kier alpha value is -1.36. The van der Waals surface area contributed by atoms with Gasteiger partial charge in [-0.2, -0.15) is 0 Å². The lowest BCUT2D eigenvalue weighted by Gasteiger charge is -2.10. The van der Waals surface area contributed by atoms with Crippen molar-refractivity contribution in [3.05, 3.63) is 29.8 Å². The van der Waals surface area contributed by atoms with E-state index >= 15 is 0 Å². The van der Waals surface area contributed by atoms with Gasteiger partial charge in [0.1, 0.15) is 5.75 Å². The highest BCUT2D eigenvalue weighted by molar-refractivity contribution is 6.17. The molecule has 0 amide bonds. The number of hydrogen-bond acceptors (Lipinski definition) is 2. The predicted octanol–water partition coefficient (Wildman–Crippen LogP) is 3.81. The Morgan fingerprint density at radius 2 is 2.06 bits per heavy atom. The van der Waals surface area contributed by atoms with E-state index in [-0.39, 0.29) is 11.4 Å². The van der Waals surface area contributed by atoms with E-state index in [1.807, 2.05) is 0 Å². The van der Waals surface area contributed by atoms with Crippen LogP contribution in [0.5, 0.6) is 5.75 Å². The molecule has 2 N–H and O–H groups in total. The zero-order valence-corrected chi connectivity index (χ0v) is 9.55. The van der Waals surface area contributed by atoms with Crippen LogP contribution in [0.3, 0.4) is 0 Å². The van der Waals surface area contributed by atoms with Crippen molar-refractivity contribution < 1.29 is 17.9 Å². The smallest absolute Gasteiger partial charge is 0.406 e. The fourth-order valence-electron chi connectivity index (χ4n) is 1.18. The summed E-state index contributed by atoms with van der Waals surface area (Å²) in [7, 11) is 0. The lowest BCUT2D eigenvalue weighted by atomic mass is 10.1. The maximum atomic E-state index is 11.9. The predicted molar refractivity (Wildman–Crippen MR) is 61.9 cm³/mol. The average molecular weight is 266 g/mol. The molecule has 0 aliphatic carbocycles. The van der Waals surface area contributed by atoms with E-state index in [9.17, 15) is 13.2 Å². The Balaban J connectivity index is 2.79. The molecule has 1 aromatic carbocycles. The van der Waals surface area contributed by atoms with Crippen LogP contribution in [-0.2, 0) is 0 Å². The second kappa shape index (κ2) is 5.82. The molecule has 6 heteroatoms. The number of nitrogen functional groups attached to an aromatic ring is 1. The quantitative estimate of drug-likeness (QED) is 0.664. The van der Waals surface area contributed by atoms with E-state index in [4.69, 9.17) is 17.3 Å². The van der Waals surface area contributed by atoms with Crippen LogP contribution in [0.15, 0.2) is 24.3 Å². The fraction of sp³-hybridized carbons (Fsp3) is 0.273. The zero-order valence-electron chi connectivity index (χ0n) is 8.80. The van der Waals surface area contributed by atoms with E-state index < -0.39 is 6.36 Å². The molecule has 0 spiro atoms. The average Bonchev–Trinajstić information content (AvgIpc) is 2.19. The van der Waals surface area contributed by atoms with Gasteiger partial charge in [0, 0.05) is 17.6 Å². The lowest BCUT2D eigenvalue weighted by Crippen LogP contribution is -2.17.